The number of allylic oxidation sites excluding steroid dienone is 1. The van der Waals surface area contributed by atoms with Crippen LogP contribution in [0.1, 0.15) is 18.1 Å². The molecular formula is C16H12Br2. The Morgan fingerprint density at radius 2 is 1.61 bits per heavy atom. The van der Waals surface area contributed by atoms with Gasteiger partial charge in [0.1, 0.15) is 3.23 Å². The number of hydrogen-bond donors (Lipinski definition) is 0. The highest BCUT2D eigenvalue weighted by Gasteiger charge is 2.35. The van der Waals surface area contributed by atoms with E-state index in [1.54, 1.807) is 0 Å². The molecule has 0 unspecified atom stereocenters. The van der Waals surface area contributed by atoms with Crippen molar-refractivity contribution in [1.82, 2.24) is 0 Å². The molecule has 0 spiro atoms. The lowest BCUT2D eigenvalue weighted by atomic mass is 9.97. The summed E-state index contributed by atoms with van der Waals surface area (Å²) >= 11 is 7.52. The zero-order chi connectivity index (χ0) is 12.8. The molecule has 0 aliphatic heterocycles. The second kappa shape index (κ2) is 4.36. The van der Waals surface area contributed by atoms with Crippen LogP contribution in [0.3, 0.4) is 0 Å². The van der Waals surface area contributed by atoms with Crippen molar-refractivity contribution < 1.29 is 0 Å². The second-order valence-electron chi connectivity index (χ2n) is 4.53. The van der Waals surface area contributed by atoms with Gasteiger partial charge in [-0.2, -0.15) is 0 Å². The van der Waals surface area contributed by atoms with Crippen molar-refractivity contribution in [3.05, 3.63) is 65.2 Å². The number of halogens is 2. The van der Waals surface area contributed by atoms with Gasteiger partial charge in [-0.15, -0.1) is 0 Å². The summed E-state index contributed by atoms with van der Waals surface area (Å²) in [7, 11) is 0. The van der Waals surface area contributed by atoms with E-state index in [2.05, 4.69) is 87.3 Å². The van der Waals surface area contributed by atoms with Gasteiger partial charge in [0, 0.05) is 0 Å². The van der Waals surface area contributed by atoms with E-state index in [0.29, 0.717) is 0 Å². The van der Waals surface area contributed by atoms with Crippen molar-refractivity contribution in [2.45, 2.75) is 10.2 Å². The molecule has 0 bridgehead atoms. The maximum Gasteiger partial charge on any atom is 0.127 e. The van der Waals surface area contributed by atoms with Crippen molar-refractivity contribution in [2.24, 2.45) is 0 Å². The van der Waals surface area contributed by atoms with Crippen LogP contribution in [0.15, 0.2) is 54.1 Å². The zero-order valence-electron chi connectivity index (χ0n) is 9.95. The van der Waals surface area contributed by atoms with Crippen LogP contribution in [0.2, 0.25) is 0 Å². The van der Waals surface area contributed by atoms with E-state index >= 15 is 0 Å². The predicted octanol–water partition coefficient (Wildman–Crippen LogP) is 5.71. The maximum atomic E-state index is 3.76. The van der Waals surface area contributed by atoms with E-state index in [1.807, 2.05) is 6.07 Å². The van der Waals surface area contributed by atoms with E-state index in [4.69, 9.17) is 0 Å². The molecule has 0 saturated carbocycles. The lowest BCUT2D eigenvalue weighted by molar-refractivity contribution is 1.12. The highest BCUT2D eigenvalue weighted by atomic mass is 79.9. The normalized spacial score (nSPS) is 16.3. The van der Waals surface area contributed by atoms with Gasteiger partial charge in [-0.05, 0) is 34.8 Å². The number of rotatable bonds is 1. The molecule has 0 atom stereocenters. The Morgan fingerprint density at radius 3 is 2.33 bits per heavy atom. The summed E-state index contributed by atoms with van der Waals surface area (Å²) < 4.78 is -0.208. The summed E-state index contributed by atoms with van der Waals surface area (Å²) in [5.74, 6) is 0. The smallest absolute Gasteiger partial charge is 0.0624 e. The van der Waals surface area contributed by atoms with Gasteiger partial charge in [0.15, 0.2) is 0 Å². The quantitative estimate of drug-likeness (QED) is 0.569. The molecule has 18 heavy (non-hydrogen) atoms. The molecule has 0 heterocycles. The lowest BCUT2D eigenvalue weighted by Gasteiger charge is -2.18. The summed E-state index contributed by atoms with van der Waals surface area (Å²) in [4.78, 5) is 0. The molecular weight excluding hydrogens is 352 g/mol. The highest BCUT2D eigenvalue weighted by molar-refractivity contribution is 9.25. The minimum Gasteiger partial charge on any atom is -0.0624 e. The third-order valence-electron chi connectivity index (χ3n) is 3.39. The number of hydrogen-bond acceptors (Lipinski definition) is 0. The summed E-state index contributed by atoms with van der Waals surface area (Å²) in [5, 5.41) is 0. The standard InChI is InChI=1S/C16H12Br2/c1-11-10-14-13(12-6-3-2-4-7-12)8-5-9-15(14)16(11,17)18/h2-10H,1H3. The molecule has 2 aromatic rings. The van der Waals surface area contributed by atoms with Crippen LogP contribution in [0, 0.1) is 0 Å². The topological polar surface area (TPSA) is 0 Å². The van der Waals surface area contributed by atoms with Crippen LogP contribution in [0.25, 0.3) is 17.2 Å². The molecule has 1 aliphatic rings. The second-order valence-corrected chi connectivity index (χ2v) is 7.98. The van der Waals surface area contributed by atoms with Gasteiger partial charge < -0.3 is 0 Å². The minimum atomic E-state index is -0.208. The highest BCUT2D eigenvalue weighted by Crippen LogP contribution is 2.53. The third kappa shape index (κ3) is 1.79. The van der Waals surface area contributed by atoms with E-state index in [0.717, 1.165) is 0 Å². The average Bonchev–Trinajstić information content (AvgIpc) is 2.62. The molecule has 0 fully saturated rings. The molecule has 0 aromatic heterocycles. The first kappa shape index (κ1) is 12.2. The first-order valence-corrected chi connectivity index (χ1v) is 7.45. The molecule has 0 amide bonds. The van der Waals surface area contributed by atoms with Crippen molar-refractivity contribution in [1.29, 1.82) is 0 Å². The molecule has 3 rings (SSSR count). The number of benzene rings is 2. The summed E-state index contributed by atoms with van der Waals surface area (Å²) in [5.41, 5.74) is 6.40. The van der Waals surface area contributed by atoms with Crippen LogP contribution in [-0.2, 0) is 3.23 Å². The third-order valence-corrected chi connectivity index (χ3v) is 5.49. The average molecular weight is 364 g/mol. The molecule has 0 saturated heterocycles. The van der Waals surface area contributed by atoms with E-state index in [1.165, 1.54) is 27.8 Å². The zero-order valence-corrected chi connectivity index (χ0v) is 13.1. The summed E-state index contributed by atoms with van der Waals surface area (Å²) in [6.45, 7) is 2.14. The molecule has 0 nitrogen and oxygen atoms in total. The fourth-order valence-electron chi connectivity index (χ4n) is 2.38. The maximum absolute atomic E-state index is 3.76. The molecule has 2 aromatic carbocycles. The van der Waals surface area contributed by atoms with E-state index < -0.39 is 0 Å². The Bertz CT molecular complexity index is 625. The van der Waals surface area contributed by atoms with Crippen molar-refractivity contribution >= 4 is 37.9 Å². The Kier molecular flexibility index (Phi) is 2.95. The summed E-state index contributed by atoms with van der Waals surface area (Å²) in [6, 6.07) is 17.0. The SMILES string of the molecule is CC1=Cc2c(-c3ccccc3)cccc2C1(Br)Br. The molecule has 2 heteroatoms. The van der Waals surface area contributed by atoms with E-state index in [9.17, 15) is 0 Å². The largest absolute Gasteiger partial charge is 0.127 e. The van der Waals surface area contributed by atoms with Crippen molar-refractivity contribution in [2.75, 3.05) is 0 Å². The van der Waals surface area contributed by atoms with Crippen LogP contribution >= 0.6 is 31.9 Å². The Morgan fingerprint density at radius 1 is 0.889 bits per heavy atom. The van der Waals surface area contributed by atoms with Gasteiger partial charge in [-0.3, -0.25) is 0 Å². The first-order valence-electron chi connectivity index (χ1n) is 5.86. The molecule has 90 valence electrons. The van der Waals surface area contributed by atoms with Crippen LogP contribution in [-0.4, -0.2) is 0 Å². The Balaban J connectivity index is 2.25. The number of fused-ring (bicyclic) bond motifs is 1. The molecule has 0 N–H and O–H groups in total. The molecule has 0 radical (unpaired) electrons. The predicted molar refractivity (Wildman–Crippen MR) is 85.1 cm³/mol. The van der Waals surface area contributed by atoms with Gasteiger partial charge in [0.2, 0.25) is 0 Å². The van der Waals surface area contributed by atoms with Crippen molar-refractivity contribution in [3.63, 3.8) is 0 Å². The number of alkyl halides is 2. The first-order chi connectivity index (χ1) is 8.60. The van der Waals surface area contributed by atoms with Gasteiger partial charge in [0.25, 0.3) is 0 Å². The Labute approximate surface area is 124 Å². The summed E-state index contributed by atoms with van der Waals surface area (Å²) in [6.07, 6.45) is 2.25. The van der Waals surface area contributed by atoms with Gasteiger partial charge >= 0.3 is 0 Å². The fourth-order valence-corrected chi connectivity index (χ4v) is 3.30. The van der Waals surface area contributed by atoms with E-state index in [-0.39, 0.29) is 3.23 Å². The van der Waals surface area contributed by atoms with Crippen LogP contribution in [0.5, 0.6) is 0 Å². The van der Waals surface area contributed by atoms with Crippen LogP contribution in [0.4, 0.5) is 0 Å². The lowest BCUT2D eigenvalue weighted by Crippen LogP contribution is -2.06. The monoisotopic (exact) mass is 362 g/mol. The van der Waals surface area contributed by atoms with Crippen molar-refractivity contribution in [3.8, 4) is 11.1 Å². The van der Waals surface area contributed by atoms with Gasteiger partial charge in [0.05, 0.1) is 0 Å². The van der Waals surface area contributed by atoms with Gasteiger partial charge in [-0.1, -0.05) is 86.5 Å². The van der Waals surface area contributed by atoms with Crippen LogP contribution < -0.4 is 0 Å². The van der Waals surface area contributed by atoms with Gasteiger partial charge in [-0.25, -0.2) is 0 Å². The molecule has 1 aliphatic carbocycles. The fraction of sp³-hybridized carbons (Fsp3) is 0.125. The Hall–Kier alpha value is -0.860. The minimum absolute atomic E-state index is 0.208.